The molecule has 0 atom stereocenters. The van der Waals surface area contributed by atoms with Gasteiger partial charge in [0.15, 0.2) is 0 Å². The first-order valence-electron chi connectivity index (χ1n) is 7.13. The van der Waals surface area contributed by atoms with Gasteiger partial charge >= 0.3 is 0 Å². The molecule has 4 N–H and O–H groups in total. The Balaban J connectivity index is 0.000000568. The number of hydrogen-bond donors (Lipinski definition) is 3. The second-order valence-corrected chi connectivity index (χ2v) is 4.71. The van der Waals surface area contributed by atoms with Gasteiger partial charge in [0.25, 0.3) is 23.6 Å². The molecule has 0 radical (unpaired) electrons. The van der Waals surface area contributed by atoms with Gasteiger partial charge in [-0.25, -0.2) is 0 Å². The molecule has 9 heteroatoms. The normalized spacial score (nSPS) is 12.3. The molecule has 128 valence electrons. The maximum Gasteiger partial charge on any atom is 0.253 e. The average molecular weight is 327 g/mol. The van der Waals surface area contributed by atoms with Gasteiger partial charge in [-0.05, 0) is 6.42 Å². The van der Waals surface area contributed by atoms with Crippen molar-refractivity contribution in [3.63, 3.8) is 0 Å². The van der Waals surface area contributed by atoms with Crippen LogP contribution in [-0.2, 0) is 24.0 Å². The Labute approximate surface area is 133 Å². The van der Waals surface area contributed by atoms with E-state index in [4.69, 9.17) is 5.73 Å². The van der Waals surface area contributed by atoms with Crippen LogP contribution in [0.4, 0.5) is 0 Å². The molecular weight excluding hydrogens is 306 g/mol. The number of nitrogens with one attached hydrogen (secondary N) is 1. The topological polar surface area (TPSA) is 147 Å². The highest BCUT2D eigenvalue weighted by molar-refractivity contribution is 6.12. The molecule has 9 nitrogen and oxygen atoms in total. The highest BCUT2D eigenvalue weighted by atomic mass is 16.5. The van der Waals surface area contributed by atoms with Crippen molar-refractivity contribution in [1.82, 2.24) is 10.4 Å². The van der Waals surface area contributed by atoms with Gasteiger partial charge in [-0.15, -0.1) is 0 Å². The second kappa shape index (κ2) is 11.1. The maximum atomic E-state index is 11.2. The summed E-state index contributed by atoms with van der Waals surface area (Å²) < 4.78 is 0. The van der Waals surface area contributed by atoms with E-state index < -0.39 is 17.7 Å². The molecule has 23 heavy (non-hydrogen) atoms. The van der Waals surface area contributed by atoms with Gasteiger partial charge in [-0.2, -0.15) is 5.06 Å². The van der Waals surface area contributed by atoms with Gasteiger partial charge < -0.3 is 5.73 Å². The lowest BCUT2D eigenvalue weighted by Crippen LogP contribution is -2.34. The van der Waals surface area contributed by atoms with E-state index in [1.807, 2.05) is 12.2 Å². The van der Waals surface area contributed by atoms with Crippen molar-refractivity contribution in [3.8, 4) is 0 Å². The summed E-state index contributed by atoms with van der Waals surface area (Å²) in [5, 5.41) is 11.3. The van der Waals surface area contributed by atoms with E-state index in [1.54, 1.807) is 0 Å². The van der Waals surface area contributed by atoms with Crippen LogP contribution in [0, 0.1) is 0 Å². The number of primary amides is 1. The third kappa shape index (κ3) is 9.91. The average Bonchev–Trinajstić information content (AvgIpc) is 2.88. The number of unbranched alkanes of at least 4 members (excludes halogenated alkanes) is 2. The Bertz CT molecular complexity index is 485. The highest BCUT2D eigenvalue weighted by Gasteiger charge is 2.18. The summed E-state index contributed by atoms with van der Waals surface area (Å²) in [4.78, 5) is 52.9. The van der Waals surface area contributed by atoms with Gasteiger partial charge in [0.1, 0.15) is 0 Å². The fourth-order valence-electron chi connectivity index (χ4n) is 1.46. The Morgan fingerprint density at radius 1 is 1.04 bits per heavy atom. The fourth-order valence-corrected chi connectivity index (χ4v) is 1.46. The Hall–Kier alpha value is -2.55. The molecule has 1 heterocycles. The number of nitrogens with two attached hydrogens (primary N) is 1. The number of carbonyl (C=O) groups is 5. The zero-order chi connectivity index (χ0) is 17.8. The summed E-state index contributed by atoms with van der Waals surface area (Å²) in [6, 6.07) is 0. The summed E-state index contributed by atoms with van der Waals surface area (Å²) in [6.07, 6.45) is 4.57. The minimum Gasteiger partial charge on any atom is -0.370 e. The van der Waals surface area contributed by atoms with Crippen molar-refractivity contribution >= 4 is 29.5 Å². The molecule has 0 bridgehead atoms. The predicted octanol–water partition coefficient (Wildman–Crippen LogP) is -0.224. The zero-order valence-electron chi connectivity index (χ0n) is 12.9. The summed E-state index contributed by atoms with van der Waals surface area (Å²) in [7, 11) is 0. The summed E-state index contributed by atoms with van der Waals surface area (Å²) >= 11 is 0. The van der Waals surface area contributed by atoms with Gasteiger partial charge in [-0.3, -0.25) is 34.5 Å². The van der Waals surface area contributed by atoms with E-state index in [-0.39, 0.29) is 36.1 Å². The van der Waals surface area contributed by atoms with E-state index in [0.717, 1.165) is 12.8 Å². The van der Waals surface area contributed by atoms with Crippen LogP contribution in [0.3, 0.4) is 0 Å². The minimum absolute atomic E-state index is 0.0819. The van der Waals surface area contributed by atoms with Crippen molar-refractivity contribution < 1.29 is 29.2 Å². The summed E-state index contributed by atoms with van der Waals surface area (Å²) in [5.74, 6) is -2.72. The van der Waals surface area contributed by atoms with E-state index >= 15 is 0 Å². The third-order valence-corrected chi connectivity index (χ3v) is 2.68. The number of amides is 5. The molecule has 0 saturated heterocycles. The first kappa shape index (κ1) is 20.5. The van der Waals surface area contributed by atoms with Crippen LogP contribution in [0.15, 0.2) is 12.2 Å². The number of imide groups is 2. The highest BCUT2D eigenvalue weighted by Crippen LogP contribution is 2.03. The van der Waals surface area contributed by atoms with Crippen LogP contribution in [0.1, 0.15) is 45.4 Å². The lowest BCUT2D eigenvalue weighted by Gasteiger charge is -2.12. The quantitative estimate of drug-likeness (QED) is 0.255. The van der Waals surface area contributed by atoms with Crippen molar-refractivity contribution in [2.75, 3.05) is 0 Å². The maximum absolute atomic E-state index is 11.2. The van der Waals surface area contributed by atoms with Crippen molar-refractivity contribution in [2.24, 2.45) is 5.73 Å². The number of carbonyl (C=O) groups excluding carboxylic acids is 5. The van der Waals surface area contributed by atoms with Gasteiger partial charge in [-0.1, -0.05) is 19.8 Å². The fraction of sp³-hybridized carbons (Fsp3) is 0.500. The van der Waals surface area contributed by atoms with E-state index in [2.05, 4.69) is 0 Å². The number of hydroxylamine groups is 2. The Kier molecular flexibility index (Phi) is 9.85. The molecule has 1 aliphatic rings. The number of hydrogen-bond acceptors (Lipinski definition) is 6. The molecule has 0 saturated carbocycles. The van der Waals surface area contributed by atoms with Gasteiger partial charge in [0.2, 0.25) is 5.91 Å². The summed E-state index contributed by atoms with van der Waals surface area (Å²) in [5.41, 5.74) is 4.84. The molecule has 0 aromatic carbocycles. The number of nitrogens with zero attached hydrogens (tertiary/aromatic N) is 1. The van der Waals surface area contributed by atoms with Crippen molar-refractivity contribution in [3.05, 3.63) is 12.2 Å². The predicted molar refractivity (Wildman–Crippen MR) is 78.5 cm³/mol. The molecular formula is C14H21N3O6. The van der Waals surface area contributed by atoms with Gasteiger partial charge in [0, 0.05) is 31.4 Å². The van der Waals surface area contributed by atoms with Gasteiger partial charge in [0.05, 0.1) is 0 Å². The standard InChI is InChI=1S/C10H18N2O4.C4H3NO2/c1-2-3-4-5-9(14)12(16)10(15)7-6-8(11)13;6-3-1-2-4(7)5-3/h16H,2-7H2,1H3,(H2,11,13);1-2H,(H,5,6,7). The van der Waals surface area contributed by atoms with Crippen LogP contribution in [0.2, 0.25) is 0 Å². The monoisotopic (exact) mass is 327 g/mol. The van der Waals surface area contributed by atoms with Crippen LogP contribution < -0.4 is 11.1 Å². The molecule has 0 fully saturated rings. The van der Waals surface area contributed by atoms with Crippen molar-refractivity contribution in [2.45, 2.75) is 45.4 Å². The zero-order valence-corrected chi connectivity index (χ0v) is 12.9. The third-order valence-electron chi connectivity index (χ3n) is 2.68. The minimum atomic E-state index is -0.791. The van der Waals surface area contributed by atoms with Crippen LogP contribution >= 0.6 is 0 Å². The molecule has 0 unspecified atom stereocenters. The van der Waals surface area contributed by atoms with E-state index in [0.29, 0.717) is 6.42 Å². The van der Waals surface area contributed by atoms with E-state index in [9.17, 15) is 29.2 Å². The molecule has 0 aromatic rings. The smallest absolute Gasteiger partial charge is 0.253 e. The summed E-state index contributed by atoms with van der Waals surface area (Å²) in [6.45, 7) is 1.99. The lowest BCUT2D eigenvalue weighted by molar-refractivity contribution is -0.179. The molecule has 0 aliphatic carbocycles. The first-order chi connectivity index (χ1) is 10.8. The van der Waals surface area contributed by atoms with Crippen molar-refractivity contribution in [1.29, 1.82) is 0 Å². The van der Waals surface area contributed by atoms with E-state index in [1.165, 1.54) is 12.2 Å². The lowest BCUT2D eigenvalue weighted by atomic mass is 10.2. The first-order valence-corrected chi connectivity index (χ1v) is 7.13. The number of rotatable bonds is 7. The molecule has 1 aliphatic heterocycles. The van der Waals surface area contributed by atoms with Crippen LogP contribution in [0.25, 0.3) is 0 Å². The molecule has 5 amide bonds. The molecule has 1 rings (SSSR count). The Morgan fingerprint density at radius 3 is 1.96 bits per heavy atom. The molecule has 0 aromatic heterocycles. The SMILES string of the molecule is CCCCCC(=O)N(O)C(=O)CCC(N)=O.O=C1C=CC(=O)N1. The Morgan fingerprint density at radius 2 is 1.57 bits per heavy atom. The second-order valence-electron chi connectivity index (χ2n) is 4.71. The van der Waals surface area contributed by atoms with Crippen LogP contribution in [0.5, 0.6) is 0 Å². The largest absolute Gasteiger partial charge is 0.370 e. The molecule has 0 spiro atoms. The van der Waals surface area contributed by atoms with Crippen LogP contribution in [-0.4, -0.2) is 39.8 Å².